The number of likely N-dealkylation sites (N-methyl/N-ethyl adjacent to an activating group) is 1. The number of carbonyl (C=O) groups excluding carboxylic acids is 2. The molecule has 0 fully saturated rings. The molecule has 0 bridgehead atoms. The molecule has 0 aliphatic heterocycles. The molecule has 2 aromatic rings. The number of benzene rings is 1. The van der Waals surface area contributed by atoms with E-state index < -0.39 is 5.91 Å². The van der Waals surface area contributed by atoms with Gasteiger partial charge in [-0.05, 0) is 32.1 Å². The number of para-hydroxylation sites is 1. The summed E-state index contributed by atoms with van der Waals surface area (Å²) in [5, 5.41) is 7.59. The van der Waals surface area contributed by atoms with Crippen LogP contribution in [0.1, 0.15) is 17.0 Å². The number of halogens is 2. The molecule has 0 radical (unpaired) electrons. The molecule has 6 nitrogen and oxygen atoms in total. The van der Waals surface area contributed by atoms with Crippen molar-refractivity contribution in [3.8, 4) is 0 Å². The molecule has 0 atom stereocenters. The molecule has 2 rings (SSSR count). The largest absolute Gasteiger partial charge is 0.333 e. The smallest absolute Gasteiger partial charge is 0.246 e. The van der Waals surface area contributed by atoms with Gasteiger partial charge in [-0.2, -0.15) is 5.10 Å². The molecule has 26 heavy (non-hydrogen) atoms. The number of nitrogens with one attached hydrogen (secondary N) is 1. The van der Waals surface area contributed by atoms with Crippen LogP contribution in [-0.4, -0.2) is 40.1 Å². The lowest BCUT2D eigenvalue weighted by molar-refractivity contribution is -0.129. The fourth-order valence-corrected chi connectivity index (χ4v) is 2.89. The van der Waals surface area contributed by atoms with Crippen molar-refractivity contribution in [3.63, 3.8) is 0 Å². The summed E-state index contributed by atoms with van der Waals surface area (Å²) in [4.78, 5) is 25.7. The number of amides is 2. The van der Waals surface area contributed by atoms with E-state index in [-0.39, 0.29) is 12.5 Å². The van der Waals surface area contributed by atoms with Crippen molar-refractivity contribution in [3.05, 3.63) is 51.3 Å². The molecule has 1 heterocycles. The Kier molecular flexibility index (Phi) is 6.45. The summed E-state index contributed by atoms with van der Waals surface area (Å²) in [5.41, 5.74) is 3.02. The zero-order valence-corrected chi connectivity index (χ0v) is 16.5. The van der Waals surface area contributed by atoms with Crippen molar-refractivity contribution in [1.29, 1.82) is 0 Å². The molecule has 138 valence electrons. The molecule has 2 amide bonds. The first kappa shape index (κ1) is 20.0. The monoisotopic (exact) mass is 394 g/mol. The van der Waals surface area contributed by atoms with Crippen LogP contribution in [0, 0.1) is 13.8 Å². The third-order valence-corrected chi connectivity index (χ3v) is 4.57. The number of hydrogen-bond donors (Lipinski definition) is 1. The molecule has 8 heteroatoms. The van der Waals surface area contributed by atoms with Gasteiger partial charge in [0, 0.05) is 31.4 Å². The quantitative estimate of drug-likeness (QED) is 0.789. The standard InChI is InChI=1S/C18H20Cl2N4O2/c1-11-13(12(2)24(4)22-11)8-9-17(26)23(3)10-16(25)21-18-14(19)6-5-7-15(18)20/h5-9H,10H2,1-4H3,(H,21,25)/b9-8+. The van der Waals surface area contributed by atoms with Crippen LogP contribution in [0.3, 0.4) is 0 Å². The van der Waals surface area contributed by atoms with Gasteiger partial charge in [-0.25, -0.2) is 0 Å². The average Bonchev–Trinajstić information content (AvgIpc) is 2.81. The SMILES string of the molecule is Cc1nn(C)c(C)c1/C=C/C(=O)N(C)CC(=O)Nc1c(Cl)cccc1Cl. The van der Waals surface area contributed by atoms with E-state index in [1.54, 1.807) is 36.0 Å². The fourth-order valence-electron chi connectivity index (χ4n) is 2.40. The van der Waals surface area contributed by atoms with Gasteiger partial charge in [0.05, 0.1) is 28.0 Å². The van der Waals surface area contributed by atoms with Gasteiger partial charge < -0.3 is 10.2 Å². The lowest BCUT2D eigenvalue weighted by atomic mass is 10.2. The minimum Gasteiger partial charge on any atom is -0.333 e. The Morgan fingerprint density at radius 1 is 1.27 bits per heavy atom. The van der Waals surface area contributed by atoms with E-state index in [1.165, 1.54) is 11.0 Å². The van der Waals surface area contributed by atoms with E-state index in [1.807, 2.05) is 20.9 Å². The molecule has 1 N–H and O–H groups in total. The van der Waals surface area contributed by atoms with E-state index in [0.29, 0.717) is 15.7 Å². The third-order valence-electron chi connectivity index (χ3n) is 3.94. The summed E-state index contributed by atoms with van der Waals surface area (Å²) < 4.78 is 1.75. The van der Waals surface area contributed by atoms with E-state index in [0.717, 1.165) is 17.0 Å². The Balaban J connectivity index is 2.00. The minimum atomic E-state index is -0.391. The van der Waals surface area contributed by atoms with Crippen LogP contribution in [0.25, 0.3) is 6.08 Å². The normalized spacial score (nSPS) is 11.0. The second kappa shape index (κ2) is 8.38. The summed E-state index contributed by atoms with van der Waals surface area (Å²) in [6.45, 7) is 3.67. The number of aryl methyl sites for hydroxylation is 2. The van der Waals surface area contributed by atoms with Crippen molar-refractivity contribution in [2.24, 2.45) is 7.05 Å². The van der Waals surface area contributed by atoms with Gasteiger partial charge in [0.15, 0.2) is 0 Å². The summed E-state index contributed by atoms with van der Waals surface area (Å²) >= 11 is 12.0. The van der Waals surface area contributed by atoms with Crippen LogP contribution in [0.5, 0.6) is 0 Å². The van der Waals surface area contributed by atoms with E-state index in [4.69, 9.17) is 23.2 Å². The zero-order valence-electron chi connectivity index (χ0n) is 15.0. The van der Waals surface area contributed by atoms with Gasteiger partial charge in [0.1, 0.15) is 0 Å². The average molecular weight is 395 g/mol. The predicted molar refractivity (Wildman–Crippen MR) is 104 cm³/mol. The van der Waals surface area contributed by atoms with Crippen LogP contribution < -0.4 is 5.32 Å². The number of anilines is 1. The lowest BCUT2D eigenvalue weighted by Gasteiger charge is -2.16. The highest BCUT2D eigenvalue weighted by Crippen LogP contribution is 2.29. The fraction of sp³-hybridized carbons (Fsp3) is 0.278. The predicted octanol–water partition coefficient (Wildman–Crippen LogP) is 3.45. The van der Waals surface area contributed by atoms with Gasteiger partial charge >= 0.3 is 0 Å². The minimum absolute atomic E-state index is 0.129. The van der Waals surface area contributed by atoms with Gasteiger partial charge in [0.25, 0.3) is 0 Å². The van der Waals surface area contributed by atoms with Crippen LogP contribution in [0.15, 0.2) is 24.3 Å². The Morgan fingerprint density at radius 3 is 2.42 bits per heavy atom. The molecular formula is C18H20Cl2N4O2. The highest BCUT2D eigenvalue weighted by atomic mass is 35.5. The number of hydrogen-bond acceptors (Lipinski definition) is 3. The Bertz CT molecular complexity index is 854. The molecule has 0 saturated heterocycles. The summed E-state index contributed by atoms with van der Waals surface area (Å²) in [6, 6.07) is 4.93. The first-order valence-corrected chi connectivity index (χ1v) is 8.63. The zero-order chi connectivity index (χ0) is 19.4. The topological polar surface area (TPSA) is 67.2 Å². The van der Waals surface area contributed by atoms with Gasteiger partial charge in [0.2, 0.25) is 11.8 Å². The van der Waals surface area contributed by atoms with Crippen LogP contribution >= 0.6 is 23.2 Å². The second-order valence-electron chi connectivity index (χ2n) is 5.88. The summed E-state index contributed by atoms with van der Waals surface area (Å²) in [5.74, 6) is -0.689. The molecule has 1 aromatic carbocycles. The Labute approximate surface area is 162 Å². The summed E-state index contributed by atoms with van der Waals surface area (Å²) in [6.07, 6.45) is 3.13. The summed E-state index contributed by atoms with van der Waals surface area (Å²) in [7, 11) is 3.39. The van der Waals surface area contributed by atoms with E-state index in [9.17, 15) is 9.59 Å². The van der Waals surface area contributed by atoms with Gasteiger partial charge in [-0.1, -0.05) is 29.3 Å². The maximum atomic E-state index is 12.2. The molecule has 0 aliphatic carbocycles. The van der Waals surface area contributed by atoms with Crippen LogP contribution in [0.2, 0.25) is 10.0 Å². The third kappa shape index (κ3) is 4.65. The van der Waals surface area contributed by atoms with E-state index in [2.05, 4.69) is 10.4 Å². The Morgan fingerprint density at radius 2 is 1.88 bits per heavy atom. The molecule has 0 saturated carbocycles. The van der Waals surface area contributed by atoms with Gasteiger partial charge in [-0.15, -0.1) is 0 Å². The molecular weight excluding hydrogens is 375 g/mol. The lowest BCUT2D eigenvalue weighted by Crippen LogP contribution is -2.34. The van der Waals surface area contributed by atoms with Crippen molar-refractivity contribution < 1.29 is 9.59 Å². The maximum absolute atomic E-state index is 12.2. The highest BCUT2D eigenvalue weighted by Gasteiger charge is 2.14. The first-order valence-electron chi connectivity index (χ1n) is 7.88. The van der Waals surface area contributed by atoms with Crippen molar-refractivity contribution >= 4 is 46.8 Å². The van der Waals surface area contributed by atoms with Crippen molar-refractivity contribution in [2.45, 2.75) is 13.8 Å². The molecule has 0 aliphatic rings. The second-order valence-corrected chi connectivity index (χ2v) is 6.69. The Hall–Kier alpha value is -2.31. The van der Waals surface area contributed by atoms with E-state index >= 15 is 0 Å². The molecule has 0 unspecified atom stereocenters. The highest BCUT2D eigenvalue weighted by molar-refractivity contribution is 6.39. The van der Waals surface area contributed by atoms with Gasteiger partial charge in [-0.3, -0.25) is 14.3 Å². The van der Waals surface area contributed by atoms with Crippen molar-refractivity contribution in [2.75, 3.05) is 18.9 Å². The molecule has 1 aromatic heterocycles. The van der Waals surface area contributed by atoms with Crippen LogP contribution in [0.4, 0.5) is 5.69 Å². The number of rotatable bonds is 5. The van der Waals surface area contributed by atoms with Crippen molar-refractivity contribution in [1.82, 2.24) is 14.7 Å². The maximum Gasteiger partial charge on any atom is 0.246 e. The first-order chi connectivity index (χ1) is 12.2. The number of aromatic nitrogens is 2. The van der Waals surface area contributed by atoms with Crippen LogP contribution in [-0.2, 0) is 16.6 Å². The number of carbonyl (C=O) groups is 2. The molecule has 0 spiro atoms. The number of nitrogens with zero attached hydrogens (tertiary/aromatic N) is 3.